The maximum Gasteiger partial charge on any atom is 0.312 e. The van der Waals surface area contributed by atoms with Crippen molar-refractivity contribution >= 4 is 33.5 Å². The Bertz CT molecular complexity index is 742. The monoisotopic (exact) mass is 348 g/mol. The zero-order valence-electron chi connectivity index (χ0n) is 11.5. The molecule has 0 atom stereocenters. The van der Waals surface area contributed by atoms with Crippen molar-refractivity contribution in [2.24, 2.45) is 4.99 Å². The van der Waals surface area contributed by atoms with E-state index in [1.807, 2.05) is 32.0 Å². The first-order valence-electron chi connectivity index (χ1n) is 6.16. The van der Waals surface area contributed by atoms with Gasteiger partial charge >= 0.3 is 5.69 Å². The van der Waals surface area contributed by atoms with E-state index in [2.05, 4.69) is 20.9 Å². The molecule has 0 bridgehead atoms. The molecule has 0 saturated carbocycles. The molecular formula is C15H13BrN2O3. The molecule has 0 radical (unpaired) electrons. The number of hydrogen-bond donors (Lipinski definition) is 1. The molecule has 0 unspecified atom stereocenters. The molecule has 0 aliphatic carbocycles. The predicted octanol–water partition coefficient (Wildman–Crippen LogP) is 4.43. The van der Waals surface area contributed by atoms with Crippen LogP contribution in [0.1, 0.15) is 16.7 Å². The van der Waals surface area contributed by atoms with Gasteiger partial charge in [0.25, 0.3) is 0 Å². The van der Waals surface area contributed by atoms with Crippen LogP contribution in [0.3, 0.4) is 0 Å². The second-order valence-electron chi connectivity index (χ2n) is 4.65. The van der Waals surface area contributed by atoms with Crippen LogP contribution in [-0.4, -0.2) is 16.2 Å². The first-order valence-corrected chi connectivity index (χ1v) is 6.96. The fourth-order valence-corrected chi connectivity index (χ4v) is 2.26. The lowest BCUT2D eigenvalue weighted by atomic mass is 10.1. The van der Waals surface area contributed by atoms with Crippen LogP contribution < -0.4 is 0 Å². The molecule has 2 aromatic rings. The van der Waals surface area contributed by atoms with Gasteiger partial charge in [-0.1, -0.05) is 22.0 Å². The van der Waals surface area contributed by atoms with E-state index in [1.165, 1.54) is 12.3 Å². The first-order chi connectivity index (χ1) is 9.88. The quantitative estimate of drug-likeness (QED) is 0.506. The number of nitro benzene ring substituents is 1. The second-order valence-corrected chi connectivity index (χ2v) is 5.56. The SMILES string of the molecule is Cc1ccc(N=Cc2cc(Br)cc([N+](=O)[O-])c2O)cc1C. The fourth-order valence-electron chi connectivity index (χ4n) is 1.79. The zero-order valence-corrected chi connectivity index (χ0v) is 13.1. The van der Waals surface area contributed by atoms with Gasteiger partial charge in [-0.3, -0.25) is 15.1 Å². The second kappa shape index (κ2) is 6.05. The highest BCUT2D eigenvalue weighted by Crippen LogP contribution is 2.32. The number of aliphatic imine (C=N–C) groups is 1. The number of aromatic hydroxyl groups is 1. The van der Waals surface area contributed by atoms with Crippen LogP contribution >= 0.6 is 15.9 Å². The molecule has 0 heterocycles. The molecule has 0 aliphatic rings. The summed E-state index contributed by atoms with van der Waals surface area (Å²) in [5.74, 6) is -0.393. The van der Waals surface area contributed by atoms with Gasteiger partial charge in [-0.2, -0.15) is 0 Å². The lowest BCUT2D eigenvalue weighted by Crippen LogP contribution is -1.92. The van der Waals surface area contributed by atoms with Gasteiger partial charge in [0.2, 0.25) is 5.75 Å². The highest BCUT2D eigenvalue weighted by atomic mass is 79.9. The molecular weight excluding hydrogens is 336 g/mol. The van der Waals surface area contributed by atoms with E-state index in [-0.39, 0.29) is 11.3 Å². The molecule has 0 saturated heterocycles. The molecule has 5 nitrogen and oxygen atoms in total. The van der Waals surface area contributed by atoms with Gasteiger partial charge in [-0.05, 0) is 43.2 Å². The van der Waals surface area contributed by atoms with Crippen LogP contribution in [0.5, 0.6) is 5.75 Å². The molecule has 2 aromatic carbocycles. The van der Waals surface area contributed by atoms with Gasteiger partial charge in [0, 0.05) is 22.3 Å². The number of nitrogens with zero attached hydrogens (tertiary/aromatic N) is 2. The summed E-state index contributed by atoms with van der Waals surface area (Å²) in [4.78, 5) is 14.5. The van der Waals surface area contributed by atoms with Gasteiger partial charge in [0.15, 0.2) is 0 Å². The van der Waals surface area contributed by atoms with E-state index >= 15 is 0 Å². The van der Waals surface area contributed by atoms with Gasteiger partial charge < -0.3 is 5.11 Å². The van der Waals surface area contributed by atoms with Crippen LogP contribution in [0.15, 0.2) is 39.8 Å². The smallest absolute Gasteiger partial charge is 0.312 e. The minimum absolute atomic E-state index is 0.286. The summed E-state index contributed by atoms with van der Waals surface area (Å²) in [7, 11) is 0. The van der Waals surface area contributed by atoms with Gasteiger partial charge in [0.1, 0.15) is 0 Å². The number of hydrogen-bond acceptors (Lipinski definition) is 4. The van der Waals surface area contributed by atoms with Gasteiger partial charge in [-0.15, -0.1) is 0 Å². The molecule has 0 amide bonds. The van der Waals surface area contributed by atoms with Gasteiger partial charge in [0.05, 0.1) is 10.6 Å². The predicted molar refractivity (Wildman–Crippen MR) is 85.6 cm³/mol. The maximum absolute atomic E-state index is 10.9. The molecule has 108 valence electrons. The highest BCUT2D eigenvalue weighted by molar-refractivity contribution is 9.10. The summed E-state index contributed by atoms with van der Waals surface area (Å²) in [6.07, 6.45) is 1.41. The van der Waals surface area contributed by atoms with Crippen molar-refractivity contribution in [2.75, 3.05) is 0 Å². The summed E-state index contributed by atoms with van der Waals surface area (Å²) in [5, 5.41) is 20.8. The average molecular weight is 349 g/mol. The molecule has 0 aliphatic heterocycles. The largest absolute Gasteiger partial charge is 0.502 e. The van der Waals surface area contributed by atoms with E-state index in [0.717, 1.165) is 16.8 Å². The first kappa shape index (κ1) is 15.2. The topological polar surface area (TPSA) is 75.7 Å². The number of phenols is 1. The Hall–Kier alpha value is -2.21. The fraction of sp³-hybridized carbons (Fsp3) is 0.133. The Kier molecular flexibility index (Phi) is 4.37. The number of nitro groups is 1. The summed E-state index contributed by atoms with van der Waals surface area (Å²) < 4.78 is 0.508. The van der Waals surface area contributed by atoms with Crippen molar-refractivity contribution in [1.82, 2.24) is 0 Å². The lowest BCUT2D eigenvalue weighted by Gasteiger charge is -2.03. The van der Waals surface area contributed by atoms with E-state index in [0.29, 0.717) is 4.47 Å². The van der Waals surface area contributed by atoms with E-state index in [4.69, 9.17) is 0 Å². The van der Waals surface area contributed by atoms with Crippen LogP contribution in [0.2, 0.25) is 0 Å². The third-order valence-corrected chi connectivity index (χ3v) is 3.58. The zero-order chi connectivity index (χ0) is 15.6. The standard InChI is InChI=1S/C15H13BrN2O3/c1-9-3-4-13(5-10(9)2)17-8-11-6-12(16)7-14(15(11)19)18(20)21/h3-8,19H,1-2H3. The molecule has 2 rings (SSSR count). The van der Waals surface area contributed by atoms with Crippen molar-refractivity contribution < 1.29 is 10.0 Å². The molecule has 0 fully saturated rings. The number of aryl methyl sites for hydroxylation is 2. The van der Waals surface area contributed by atoms with E-state index in [1.54, 1.807) is 6.07 Å². The van der Waals surface area contributed by atoms with E-state index < -0.39 is 10.7 Å². The summed E-state index contributed by atoms with van der Waals surface area (Å²) in [6.45, 7) is 3.99. The minimum Gasteiger partial charge on any atom is -0.502 e. The van der Waals surface area contributed by atoms with E-state index in [9.17, 15) is 15.2 Å². The third-order valence-electron chi connectivity index (χ3n) is 3.12. The Labute approximate surface area is 130 Å². The number of benzene rings is 2. The molecule has 21 heavy (non-hydrogen) atoms. The average Bonchev–Trinajstić information content (AvgIpc) is 2.42. The van der Waals surface area contributed by atoms with Crippen molar-refractivity contribution in [1.29, 1.82) is 0 Å². The summed E-state index contributed by atoms with van der Waals surface area (Å²) >= 11 is 3.19. The number of rotatable bonds is 3. The van der Waals surface area contributed by atoms with Crippen molar-refractivity contribution in [3.63, 3.8) is 0 Å². The maximum atomic E-state index is 10.9. The Morgan fingerprint density at radius 1 is 1.24 bits per heavy atom. The minimum atomic E-state index is -0.631. The summed E-state index contributed by atoms with van der Waals surface area (Å²) in [6, 6.07) is 8.54. The van der Waals surface area contributed by atoms with Crippen molar-refractivity contribution in [2.45, 2.75) is 13.8 Å². The highest BCUT2D eigenvalue weighted by Gasteiger charge is 2.17. The molecule has 0 aromatic heterocycles. The van der Waals surface area contributed by atoms with Gasteiger partial charge in [-0.25, -0.2) is 0 Å². The Morgan fingerprint density at radius 2 is 1.95 bits per heavy atom. The molecule has 0 spiro atoms. The molecule has 6 heteroatoms. The Morgan fingerprint density at radius 3 is 2.57 bits per heavy atom. The van der Waals surface area contributed by atoms with Crippen LogP contribution in [0.4, 0.5) is 11.4 Å². The van der Waals surface area contributed by atoms with Crippen LogP contribution in [0, 0.1) is 24.0 Å². The number of phenolic OH excluding ortho intramolecular Hbond substituents is 1. The number of halogens is 1. The van der Waals surface area contributed by atoms with Crippen molar-refractivity contribution in [3.8, 4) is 5.75 Å². The van der Waals surface area contributed by atoms with Crippen LogP contribution in [0.25, 0.3) is 0 Å². The lowest BCUT2D eigenvalue weighted by molar-refractivity contribution is -0.385. The normalized spacial score (nSPS) is 11.0. The summed E-state index contributed by atoms with van der Waals surface area (Å²) in [5.41, 5.74) is 2.92. The third kappa shape index (κ3) is 3.46. The Balaban J connectivity index is 2.41. The van der Waals surface area contributed by atoms with Crippen molar-refractivity contribution in [3.05, 3.63) is 61.6 Å². The van der Waals surface area contributed by atoms with Crippen LogP contribution in [-0.2, 0) is 0 Å². The molecule has 1 N–H and O–H groups in total.